The summed E-state index contributed by atoms with van der Waals surface area (Å²) in [5.74, 6) is -2.78. The van der Waals surface area contributed by atoms with Crippen molar-refractivity contribution >= 4 is 27.6 Å². The van der Waals surface area contributed by atoms with Crippen LogP contribution in [0.1, 0.15) is 21.5 Å². The number of carbonyl (C=O) groups excluding carboxylic acids is 2. The van der Waals surface area contributed by atoms with E-state index in [4.69, 9.17) is 9.88 Å². The molecule has 0 radical (unpaired) electrons. The summed E-state index contributed by atoms with van der Waals surface area (Å²) in [6, 6.07) is 7.93. The van der Waals surface area contributed by atoms with Gasteiger partial charge in [-0.2, -0.15) is 0 Å². The van der Waals surface area contributed by atoms with E-state index in [-0.39, 0.29) is 0 Å². The summed E-state index contributed by atoms with van der Waals surface area (Å²) in [4.78, 5) is 23.4. The lowest BCUT2D eigenvalue weighted by atomic mass is 10.1. The van der Waals surface area contributed by atoms with Gasteiger partial charge in [-0.05, 0) is 49.2 Å². The van der Waals surface area contributed by atoms with Crippen molar-refractivity contribution in [3.8, 4) is 0 Å². The Hall–Kier alpha value is -2.78. The summed E-state index contributed by atoms with van der Waals surface area (Å²) in [5, 5.41) is 7.53. The predicted molar refractivity (Wildman–Crippen MR) is 92.6 cm³/mol. The monoisotopic (exact) mass is 380 g/mol. The van der Waals surface area contributed by atoms with Crippen LogP contribution >= 0.6 is 0 Å². The number of hydrogen-bond acceptors (Lipinski definition) is 5. The minimum atomic E-state index is -4.11. The van der Waals surface area contributed by atoms with Gasteiger partial charge in [-0.1, -0.05) is 12.1 Å². The van der Waals surface area contributed by atoms with Gasteiger partial charge >= 0.3 is 5.97 Å². The maximum Gasteiger partial charge on any atom is 0.341 e. The number of anilines is 1. The average molecular weight is 380 g/mol. The van der Waals surface area contributed by atoms with Crippen LogP contribution in [0.5, 0.6) is 0 Å². The third-order valence-corrected chi connectivity index (χ3v) is 4.40. The Balaban J connectivity index is 2.06. The van der Waals surface area contributed by atoms with Gasteiger partial charge in [0.05, 0.1) is 10.5 Å². The molecule has 0 aliphatic carbocycles. The van der Waals surface area contributed by atoms with E-state index in [2.05, 4.69) is 5.32 Å². The summed E-state index contributed by atoms with van der Waals surface area (Å²) in [6.45, 7) is 3.00. The summed E-state index contributed by atoms with van der Waals surface area (Å²) >= 11 is 0. The summed E-state index contributed by atoms with van der Waals surface area (Å²) in [7, 11) is -4.11. The molecule has 9 heteroatoms. The molecule has 138 valence electrons. The number of aryl methyl sites for hydroxylation is 2. The number of halogens is 1. The van der Waals surface area contributed by atoms with Gasteiger partial charge in [-0.25, -0.2) is 22.7 Å². The average Bonchev–Trinajstić information content (AvgIpc) is 2.55. The molecule has 3 N–H and O–H groups in total. The summed E-state index contributed by atoms with van der Waals surface area (Å²) < 4.78 is 41.1. The highest BCUT2D eigenvalue weighted by molar-refractivity contribution is 7.89. The number of benzene rings is 2. The maximum absolute atomic E-state index is 13.7. The van der Waals surface area contributed by atoms with Gasteiger partial charge in [0.15, 0.2) is 6.61 Å². The van der Waals surface area contributed by atoms with Crippen LogP contribution in [-0.2, 0) is 19.6 Å². The zero-order chi connectivity index (χ0) is 19.5. The Labute approximate surface area is 150 Å². The molecule has 2 rings (SSSR count). The maximum atomic E-state index is 13.7. The van der Waals surface area contributed by atoms with Crippen molar-refractivity contribution in [2.45, 2.75) is 18.7 Å². The van der Waals surface area contributed by atoms with Crippen molar-refractivity contribution in [2.75, 3.05) is 11.9 Å². The molecule has 0 saturated carbocycles. The van der Waals surface area contributed by atoms with E-state index < -0.39 is 44.8 Å². The number of nitrogens with one attached hydrogen (secondary N) is 1. The second kappa shape index (κ2) is 7.63. The van der Waals surface area contributed by atoms with Crippen LogP contribution in [0.15, 0.2) is 41.3 Å². The number of rotatable bonds is 5. The number of amides is 1. The van der Waals surface area contributed by atoms with Crippen molar-refractivity contribution < 1.29 is 27.1 Å². The minimum Gasteiger partial charge on any atom is -0.452 e. The molecule has 7 nitrogen and oxygen atoms in total. The highest BCUT2D eigenvalue weighted by Crippen LogP contribution is 2.17. The lowest BCUT2D eigenvalue weighted by molar-refractivity contribution is -0.119. The SMILES string of the molecule is Cc1ccc(C)c(NC(=O)COC(=O)c2cc(S(N)(=O)=O)ccc2F)c1. The van der Waals surface area contributed by atoms with Crippen LogP contribution in [0, 0.1) is 19.7 Å². The van der Waals surface area contributed by atoms with Gasteiger partial charge in [0.1, 0.15) is 5.82 Å². The van der Waals surface area contributed by atoms with E-state index in [1.54, 1.807) is 13.0 Å². The largest absolute Gasteiger partial charge is 0.452 e. The molecular formula is C17H17FN2O5S. The minimum absolute atomic E-state index is 0.439. The molecular weight excluding hydrogens is 363 g/mol. The summed E-state index contributed by atoms with van der Waals surface area (Å²) in [5.41, 5.74) is 1.69. The molecule has 2 aromatic carbocycles. The van der Waals surface area contributed by atoms with E-state index in [1.807, 2.05) is 19.1 Å². The number of esters is 1. The third kappa shape index (κ3) is 4.87. The normalized spacial score (nSPS) is 11.1. The first-order valence-electron chi connectivity index (χ1n) is 7.44. The molecule has 0 unspecified atom stereocenters. The van der Waals surface area contributed by atoms with E-state index >= 15 is 0 Å². The fourth-order valence-electron chi connectivity index (χ4n) is 2.10. The van der Waals surface area contributed by atoms with Crippen LogP contribution in [0.2, 0.25) is 0 Å². The molecule has 0 spiro atoms. The molecule has 0 saturated heterocycles. The molecule has 0 aromatic heterocycles. The van der Waals surface area contributed by atoms with Crippen molar-refractivity contribution in [3.63, 3.8) is 0 Å². The third-order valence-electron chi connectivity index (χ3n) is 3.49. The van der Waals surface area contributed by atoms with Crippen LogP contribution in [0.3, 0.4) is 0 Å². The highest BCUT2D eigenvalue weighted by Gasteiger charge is 2.19. The number of ether oxygens (including phenoxy) is 1. The molecule has 2 aromatic rings. The summed E-state index contributed by atoms with van der Waals surface area (Å²) in [6.07, 6.45) is 0. The number of nitrogens with two attached hydrogens (primary N) is 1. The second-order valence-electron chi connectivity index (χ2n) is 5.63. The first kappa shape index (κ1) is 19.5. The Bertz CT molecular complexity index is 973. The van der Waals surface area contributed by atoms with Crippen molar-refractivity contribution in [1.82, 2.24) is 0 Å². The van der Waals surface area contributed by atoms with Gasteiger partial charge in [-0.3, -0.25) is 4.79 Å². The number of primary sulfonamides is 1. The van der Waals surface area contributed by atoms with Gasteiger partial charge < -0.3 is 10.1 Å². The van der Waals surface area contributed by atoms with Crippen LogP contribution < -0.4 is 10.5 Å². The molecule has 0 fully saturated rings. The standard InChI is InChI=1S/C17H17FN2O5S/c1-10-3-4-11(2)15(7-10)20-16(21)9-25-17(22)13-8-12(26(19,23)24)5-6-14(13)18/h3-8H,9H2,1-2H3,(H,20,21)(H2,19,23,24). The predicted octanol–water partition coefficient (Wildman–Crippen LogP) is 1.89. The number of carbonyl (C=O) groups is 2. The zero-order valence-electron chi connectivity index (χ0n) is 14.1. The molecule has 0 aliphatic rings. The van der Waals surface area contributed by atoms with Crippen LogP contribution in [0.4, 0.5) is 10.1 Å². The molecule has 0 heterocycles. The topological polar surface area (TPSA) is 116 Å². The Kier molecular flexibility index (Phi) is 5.73. The molecule has 0 atom stereocenters. The Morgan fingerprint density at radius 3 is 2.50 bits per heavy atom. The first-order valence-corrected chi connectivity index (χ1v) is 8.99. The van der Waals surface area contributed by atoms with Crippen molar-refractivity contribution in [2.24, 2.45) is 5.14 Å². The van der Waals surface area contributed by atoms with Crippen LogP contribution in [-0.4, -0.2) is 26.9 Å². The van der Waals surface area contributed by atoms with Gasteiger partial charge in [0.25, 0.3) is 5.91 Å². The fourth-order valence-corrected chi connectivity index (χ4v) is 2.64. The van der Waals surface area contributed by atoms with Gasteiger partial charge in [0, 0.05) is 5.69 Å². The Morgan fingerprint density at radius 1 is 1.15 bits per heavy atom. The lowest BCUT2D eigenvalue weighted by Crippen LogP contribution is -2.22. The van der Waals surface area contributed by atoms with Gasteiger partial charge in [-0.15, -0.1) is 0 Å². The van der Waals surface area contributed by atoms with Crippen molar-refractivity contribution in [1.29, 1.82) is 0 Å². The van der Waals surface area contributed by atoms with E-state index in [0.29, 0.717) is 5.69 Å². The molecule has 26 heavy (non-hydrogen) atoms. The highest BCUT2D eigenvalue weighted by atomic mass is 32.2. The first-order chi connectivity index (χ1) is 12.1. The molecule has 0 bridgehead atoms. The molecule has 1 amide bonds. The van der Waals surface area contributed by atoms with E-state index in [9.17, 15) is 22.4 Å². The lowest BCUT2D eigenvalue weighted by Gasteiger charge is -2.10. The van der Waals surface area contributed by atoms with E-state index in [1.165, 1.54) is 0 Å². The van der Waals surface area contributed by atoms with Crippen molar-refractivity contribution in [3.05, 3.63) is 58.9 Å². The second-order valence-corrected chi connectivity index (χ2v) is 7.19. The van der Waals surface area contributed by atoms with E-state index in [0.717, 1.165) is 29.3 Å². The smallest absolute Gasteiger partial charge is 0.341 e. The van der Waals surface area contributed by atoms with Crippen LogP contribution in [0.25, 0.3) is 0 Å². The number of sulfonamides is 1. The fraction of sp³-hybridized carbons (Fsp3) is 0.176. The Morgan fingerprint density at radius 2 is 1.85 bits per heavy atom. The number of hydrogen-bond donors (Lipinski definition) is 2. The zero-order valence-corrected chi connectivity index (χ0v) is 14.9. The van der Waals surface area contributed by atoms with Gasteiger partial charge in [0.2, 0.25) is 10.0 Å². The molecule has 0 aliphatic heterocycles. The quantitative estimate of drug-likeness (QED) is 0.769.